The van der Waals surface area contributed by atoms with Gasteiger partial charge in [-0.2, -0.15) is 0 Å². The van der Waals surface area contributed by atoms with Gasteiger partial charge in [0.1, 0.15) is 0 Å². The van der Waals surface area contributed by atoms with Gasteiger partial charge in [-0.1, -0.05) is 38.8 Å². The number of ether oxygens (including phenoxy) is 1. The molecule has 0 aromatic heterocycles. The van der Waals surface area contributed by atoms with Crippen molar-refractivity contribution in [1.29, 1.82) is 0 Å². The Morgan fingerprint density at radius 3 is 2.82 bits per heavy atom. The minimum atomic E-state index is 0.695. The van der Waals surface area contributed by atoms with Crippen LogP contribution in [0.5, 0.6) is 0 Å². The highest BCUT2D eigenvalue weighted by molar-refractivity contribution is 4.87. The zero-order valence-electron chi connectivity index (χ0n) is 11.8. The third-order valence-electron chi connectivity index (χ3n) is 3.69. The van der Waals surface area contributed by atoms with Gasteiger partial charge in [-0.15, -0.1) is 0 Å². The molecular formula is C15H29NO. The van der Waals surface area contributed by atoms with Crippen molar-refractivity contribution in [2.24, 2.45) is 11.8 Å². The number of nitrogens with one attached hydrogen (secondary N) is 1. The highest BCUT2D eigenvalue weighted by Gasteiger charge is 2.23. The van der Waals surface area contributed by atoms with Crippen LogP contribution in [0.15, 0.2) is 12.2 Å². The van der Waals surface area contributed by atoms with E-state index in [2.05, 4.69) is 25.7 Å². The van der Waals surface area contributed by atoms with Crippen LogP contribution in [-0.2, 0) is 4.74 Å². The van der Waals surface area contributed by atoms with Crippen LogP contribution in [0.2, 0.25) is 0 Å². The van der Waals surface area contributed by atoms with E-state index in [1.54, 1.807) is 0 Å². The van der Waals surface area contributed by atoms with E-state index in [0.717, 1.165) is 30.6 Å². The van der Waals surface area contributed by atoms with Gasteiger partial charge in [0.15, 0.2) is 0 Å². The van der Waals surface area contributed by atoms with Crippen molar-refractivity contribution >= 4 is 0 Å². The standard InChI is InChI=1S/C15H29NO/c1-12(2)11-17-9-8-16-15-7-5-6-14(10-15)13(3)4/h13-16H,1,5-11H2,2-4H3. The fraction of sp³-hybridized carbons (Fsp3) is 0.867. The van der Waals surface area contributed by atoms with Crippen LogP contribution in [0.1, 0.15) is 46.5 Å². The monoisotopic (exact) mass is 239 g/mol. The quantitative estimate of drug-likeness (QED) is 0.543. The average molecular weight is 239 g/mol. The van der Waals surface area contributed by atoms with Crippen molar-refractivity contribution in [2.75, 3.05) is 19.8 Å². The summed E-state index contributed by atoms with van der Waals surface area (Å²) in [6, 6.07) is 0.713. The van der Waals surface area contributed by atoms with Crippen molar-refractivity contribution in [1.82, 2.24) is 5.32 Å². The maximum absolute atomic E-state index is 5.50. The van der Waals surface area contributed by atoms with E-state index >= 15 is 0 Å². The van der Waals surface area contributed by atoms with Crippen LogP contribution < -0.4 is 5.32 Å². The molecule has 2 atom stereocenters. The SMILES string of the molecule is C=C(C)COCCNC1CCCC(C(C)C)C1. The Morgan fingerprint density at radius 2 is 2.18 bits per heavy atom. The van der Waals surface area contributed by atoms with E-state index < -0.39 is 0 Å². The highest BCUT2D eigenvalue weighted by Crippen LogP contribution is 2.29. The van der Waals surface area contributed by atoms with Crippen molar-refractivity contribution in [3.05, 3.63) is 12.2 Å². The normalized spacial score (nSPS) is 25.2. The predicted molar refractivity (Wildman–Crippen MR) is 74.2 cm³/mol. The molecule has 2 heteroatoms. The van der Waals surface area contributed by atoms with Crippen LogP contribution >= 0.6 is 0 Å². The molecule has 0 bridgehead atoms. The maximum atomic E-state index is 5.50. The Balaban J connectivity index is 2.08. The first-order valence-corrected chi connectivity index (χ1v) is 7.05. The molecule has 1 aliphatic carbocycles. The summed E-state index contributed by atoms with van der Waals surface area (Å²) in [5.74, 6) is 1.75. The summed E-state index contributed by atoms with van der Waals surface area (Å²) in [5, 5.41) is 3.63. The van der Waals surface area contributed by atoms with Crippen molar-refractivity contribution < 1.29 is 4.74 Å². The molecule has 0 radical (unpaired) electrons. The van der Waals surface area contributed by atoms with Gasteiger partial charge in [0.25, 0.3) is 0 Å². The van der Waals surface area contributed by atoms with E-state index in [-0.39, 0.29) is 0 Å². The summed E-state index contributed by atoms with van der Waals surface area (Å²) < 4.78 is 5.50. The Hall–Kier alpha value is -0.340. The van der Waals surface area contributed by atoms with Crippen molar-refractivity contribution in [3.63, 3.8) is 0 Å². The molecule has 0 aliphatic heterocycles. The maximum Gasteiger partial charge on any atom is 0.0672 e. The first-order chi connectivity index (χ1) is 8.09. The molecule has 0 aromatic rings. The zero-order valence-corrected chi connectivity index (χ0v) is 11.8. The molecule has 1 saturated carbocycles. The molecule has 17 heavy (non-hydrogen) atoms. The summed E-state index contributed by atoms with van der Waals surface area (Å²) >= 11 is 0. The fourth-order valence-corrected chi connectivity index (χ4v) is 2.60. The fourth-order valence-electron chi connectivity index (χ4n) is 2.60. The lowest BCUT2D eigenvalue weighted by Gasteiger charge is -2.32. The molecule has 0 spiro atoms. The summed E-state index contributed by atoms with van der Waals surface area (Å²) in [6.07, 6.45) is 5.48. The Kier molecular flexibility index (Phi) is 6.83. The van der Waals surface area contributed by atoms with Gasteiger partial charge >= 0.3 is 0 Å². The molecule has 1 N–H and O–H groups in total. The van der Waals surface area contributed by atoms with E-state index in [1.807, 2.05) is 6.92 Å². The van der Waals surface area contributed by atoms with Gasteiger partial charge in [0.05, 0.1) is 13.2 Å². The molecule has 2 unspecified atom stereocenters. The molecule has 1 rings (SSSR count). The average Bonchev–Trinajstić information content (AvgIpc) is 2.28. The molecular weight excluding hydrogens is 210 g/mol. The lowest BCUT2D eigenvalue weighted by molar-refractivity contribution is 0.148. The Bertz CT molecular complexity index is 225. The lowest BCUT2D eigenvalue weighted by atomic mass is 9.79. The van der Waals surface area contributed by atoms with Gasteiger partial charge in [-0.25, -0.2) is 0 Å². The molecule has 1 fully saturated rings. The van der Waals surface area contributed by atoms with Crippen LogP contribution in [-0.4, -0.2) is 25.8 Å². The van der Waals surface area contributed by atoms with Crippen molar-refractivity contribution in [3.8, 4) is 0 Å². The molecule has 0 saturated heterocycles. The Morgan fingerprint density at radius 1 is 1.41 bits per heavy atom. The molecule has 0 heterocycles. The van der Waals surface area contributed by atoms with E-state index in [1.165, 1.54) is 25.7 Å². The van der Waals surface area contributed by atoms with E-state index in [9.17, 15) is 0 Å². The second kappa shape index (κ2) is 7.88. The summed E-state index contributed by atoms with van der Waals surface area (Å²) in [6.45, 7) is 13.0. The van der Waals surface area contributed by atoms with Crippen LogP contribution in [0, 0.1) is 11.8 Å². The van der Waals surface area contributed by atoms with Gasteiger partial charge in [0, 0.05) is 12.6 Å². The molecule has 100 valence electrons. The lowest BCUT2D eigenvalue weighted by Crippen LogP contribution is -2.37. The summed E-state index contributed by atoms with van der Waals surface area (Å²) in [5.41, 5.74) is 1.10. The van der Waals surface area contributed by atoms with Crippen LogP contribution in [0.4, 0.5) is 0 Å². The van der Waals surface area contributed by atoms with E-state index in [0.29, 0.717) is 12.6 Å². The number of hydrogen-bond acceptors (Lipinski definition) is 2. The van der Waals surface area contributed by atoms with Crippen LogP contribution in [0.3, 0.4) is 0 Å². The third-order valence-corrected chi connectivity index (χ3v) is 3.69. The molecule has 0 amide bonds. The molecule has 0 aromatic carbocycles. The van der Waals surface area contributed by atoms with Crippen LogP contribution in [0.25, 0.3) is 0 Å². The van der Waals surface area contributed by atoms with Gasteiger partial charge in [0.2, 0.25) is 0 Å². The van der Waals surface area contributed by atoms with Gasteiger partial charge in [-0.05, 0) is 31.6 Å². The zero-order chi connectivity index (χ0) is 12.7. The Labute approximate surface area is 107 Å². The number of rotatable bonds is 7. The third kappa shape index (κ3) is 6.23. The second-order valence-corrected chi connectivity index (χ2v) is 5.83. The minimum absolute atomic E-state index is 0.695. The minimum Gasteiger partial charge on any atom is -0.376 e. The first-order valence-electron chi connectivity index (χ1n) is 7.05. The highest BCUT2D eigenvalue weighted by atomic mass is 16.5. The van der Waals surface area contributed by atoms with Crippen molar-refractivity contribution in [2.45, 2.75) is 52.5 Å². The first kappa shape index (κ1) is 14.7. The van der Waals surface area contributed by atoms with Gasteiger partial charge < -0.3 is 10.1 Å². The smallest absolute Gasteiger partial charge is 0.0672 e. The molecule has 2 nitrogen and oxygen atoms in total. The molecule has 1 aliphatic rings. The van der Waals surface area contributed by atoms with Gasteiger partial charge in [-0.3, -0.25) is 0 Å². The van der Waals surface area contributed by atoms with E-state index in [4.69, 9.17) is 4.74 Å². The largest absolute Gasteiger partial charge is 0.376 e. The second-order valence-electron chi connectivity index (χ2n) is 5.83. The predicted octanol–water partition coefficient (Wildman–Crippen LogP) is 3.38. The summed E-state index contributed by atoms with van der Waals surface area (Å²) in [4.78, 5) is 0. The number of hydrogen-bond donors (Lipinski definition) is 1. The summed E-state index contributed by atoms with van der Waals surface area (Å²) in [7, 11) is 0. The topological polar surface area (TPSA) is 21.3 Å².